The second kappa shape index (κ2) is 15.2. The van der Waals surface area contributed by atoms with Crippen LogP contribution >= 0.6 is 0 Å². The first-order valence-electron chi connectivity index (χ1n) is 4.53. The average molecular weight is 398 g/mol. The summed E-state index contributed by atoms with van der Waals surface area (Å²) in [7, 11) is 0. The van der Waals surface area contributed by atoms with Crippen molar-refractivity contribution in [3.8, 4) is 0 Å². The zero-order valence-electron chi connectivity index (χ0n) is 11.6. The Labute approximate surface area is 140 Å². The monoisotopic (exact) mass is 396 g/mol. The van der Waals surface area contributed by atoms with Crippen LogP contribution in [0.5, 0.6) is 0 Å². The van der Waals surface area contributed by atoms with Gasteiger partial charge >= 0.3 is 31.4 Å². The van der Waals surface area contributed by atoms with Crippen LogP contribution in [0.1, 0.15) is 0 Å². The molecule has 0 aliphatic rings. The summed E-state index contributed by atoms with van der Waals surface area (Å²) in [5, 5.41) is 68.3. The molecule has 23 heavy (non-hydrogen) atoms. The molecule has 12 N–H and O–H groups in total. The van der Waals surface area contributed by atoms with E-state index in [0.29, 0.717) is 0 Å². The van der Waals surface area contributed by atoms with E-state index in [4.69, 9.17) is 30.6 Å². The third kappa shape index (κ3) is 13.6. The Balaban J connectivity index is -0.0000000831. The molecule has 0 heterocycles. The van der Waals surface area contributed by atoms with Gasteiger partial charge in [0.2, 0.25) is 0 Å². The molecular weight excluding hydrogens is 381 g/mol. The number of aliphatic hydroxyl groups is 4. The van der Waals surface area contributed by atoms with Crippen LogP contribution in [0.2, 0.25) is 0 Å². The van der Waals surface area contributed by atoms with Gasteiger partial charge in [-0.1, -0.05) is 0 Å². The molecule has 132 valence electrons. The number of carbonyl (C=O) groups excluding carboxylic acids is 2. The van der Waals surface area contributed by atoms with E-state index in [1.165, 1.54) is 0 Å². The maximum absolute atomic E-state index is 9.77. The van der Waals surface area contributed by atoms with Gasteiger partial charge in [-0.15, -0.1) is 0 Å². The predicted octanol–water partition coefficient (Wildman–Crippen LogP) is -6.59. The molecule has 0 radical (unpaired) electrons. The molecule has 0 aromatic heterocycles. The number of hydrogen-bond donors (Lipinski definition) is 8. The van der Waals surface area contributed by atoms with Gasteiger partial charge in [0.1, 0.15) is 12.2 Å². The predicted molar refractivity (Wildman–Crippen MR) is 59.4 cm³/mol. The summed E-state index contributed by atoms with van der Waals surface area (Å²) >= 11 is 0. The summed E-state index contributed by atoms with van der Waals surface area (Å²) < 4.78 is 0. The molecule has 4 atom stereocenters. The van der Waals surface area contributed by atoms with E-state index >= 15 is 0 Å². The minimum absolute atomic E-state index is 0. The van der Waals surface area contributed by atoms with Gasteiger partial charge in [0.25, 0.3) is 0 Å². The largest absolute Gasteiger partial charge is 2.00 e. The number of carbonyl (C=O) groups is 4. The van der Waals surface area contributed by atoms with Crippen LogP contribution in [0.15, 0.2) is 0 Å². The van der Waals surface area contributed by atoms with Gasteiger partial charge in [0.05, 0.1) is 11.9 Å². The molecule has 0 amide bonds. The molecule has 14 nitrogen and oxygen atoms in total. The normalized spacial score (nSPS) is 13.7. The van der Waals surface area contributed by atoms with E-state index in [-0.39, 0.29) is 31.8 Å². The minimum Gasteiger partial charge on any atom is -0.547 e. The summed E-state index contributed by atoms with van der Waals surface area (Å²) in [6.45, 7) is 0. The van der Waals surface area contributed by atoms with E-state index in [1.807, 2.05) is 0 Å². The summed E-state index contributed by atoms with van der Waals surface area (Å²) in [6.07, 6.45) is -9.41. The Morgan fingerprint density at radius 3 is 0.870 bits per heavy atom. The molecule has 0 saturated carbocycles. The van der Waals surface area contributed by atoms with Crippen molar-refractivity contribution in [1.29, 1.82) is 0 Å². The number of aliphatic carboxylic acids is 4. The Morgan fingerprint density at radius 1 is 0.609 bits per heavy atom. The molecule has 0 bridgehead atoms. The molecule has 0 fully saturated rings. The van der Waals surface area contributed by atoms with Gasteiger partial charge in [-0.3, -0.25) is 0 Å². The van der Waals surface area contributed by atoms with Crippen LogP contribution in [0, 0.1) is 0 Å². The van der Waals surface area contributed by atoms with Crippen LogP contribution in [0.4, 0.5) is 0 Å². The molecule has 0 aromatic rings. The van der Waals surface area contributed by atoms with E-state index in [0.717, 1.165) is 0 Å². The van der Waals surface area contributed by atoms with Crippen molar-refractivity contribution >= 4 is 23.9 Å². The molecule has 4 unspecified atom stereocenters. The Morgan fingerprint density at radius 2 is 0.783 bits per heavy atom. The van der Waals surface area contributed by atoms with Gasteiger partial charge in [0, 0.05) is 0 Å². The fraction of sp³-hybridized carbons (Fsp3) is 0.500. The fourth-order valence-electron chi connectivity index (χ4n) is 0.528. The molecule has 0 aliphatic carbocycles. The smallest absolute Gasteiger partial charge is 0.547 e. The van der Waals surface area contributed by atoms with Gasteiger partial charge in [-0.25, -0.2) is 9.59 Å². The summed E-state index contributed by atoms with van der Waals surface area (Å²) in [5.41, 5.74) is 0. The van der Waals surface area contributed by atoms with Gasteiger partial charge in [-0.05, 0) is 0 Å². The van der Waals surface area contributed by atoms with Crippen molar-refractivity contribution in [2.24, 2.45) is 0 Å². The van der Waals surface area contributed by atoms with Crippen molar-refractivity contribution in [3.63, 3.8) is 0 Å². The summed E-state index contributed by atoms with van der Waals surface area (Å²) in [6, 6.07) is 0. The van der Waals surface area contributed by atoms with E-state index in [1.54, 1.807) is 0 Å². The molecule has 0 saturated heterocycles. The Kier molecular flexibility index (Phi) is 21.8. The van der Waals surface area contributed by atoms with Crippen molar-refractivity contribution in [1.82, 2.24) is 12.3 Å². The topological polar surface area (TPSA) is 306 Å². The van der Waals surface area contributed by atoms with E-state index in [2.05, 4.69) is 0 Å². The molecular formula is C8H16N2O12Zn. The van der Waals surface area contributed by atoms with Gasteiger partial charge in [-0.2, -0.15) is 0 Å². The van der Waals surface area contributed by atoms with Crippen LogP contribution in [-0.2, 0) is 38.7 Å². The van der Waals surface area contributed by atoms with Gasteiger partial charge in [0.15, 0.2) is 12.2 Å². The van der Waals surface area contributed by atoms with Crippen molar-refractivity contribution in [2.45, 2.75) is 24.4 Å². The molecule has 0 rings (SSSR count). The zero-order valence-corrected chi connectivity index (χ0v) is 14.5. The maximum atomic E-state index is 9.77. The number of aliphatic hydroxyl groups excluding tert-OH is 4. The van der Waals surface area contributed by atoms with Gasteiger partial charge < -0.3 is 62.7 Å². The molecule has 0 aromatic carbocycles. The Bertz CT molecular complexity index is 319. The number of carboxylic acid groups (broad SMARTS) is 4. The summed E-state index contributed by atoms with van der Waals surface area (Å²) in [5.74, 6) is -7.65. The minimum atomic E-state index is -2.44. The van der Waals surface area contributed by atoms with Crippen LogP contribution in [-0.4, -0.2) is 78.9 Å². The van der Waals surface area contributed by atoms with Crippen molar-refractivity contribution < 1.29 is 79.5 Å². The Hall–Kier alpha value is -1.74. The average Bonchev–Trinajstić information content (AvgIpc) is 2.35. The quantitative estimate of drug-likeness (QED) is 0.193. The zero-order chi connectivity index (χ0) is 16.6. The summed E-state index contributed by atoms with van der Waals surface area (Å²) in [4.78, 5) is 38.8. The standard InChI is InChI=1S/2C4H6O6.2H3N.Zn/c2*5-1(3(7)8)2(6)4(9)10;;;/h2*1-2,5-6H,(H,7,8)(H,9,10);2*1H3;/q;;;;+2/p-2. The second-order valence-electron chi connectivity index (χ2n) is 3.09. The number of hydrogen-bond acceptors (Lipinski definition) is 12. The first kappa shape index (κ1) is 33.0. The van der Waals surface area contributed by atoms with Crippen molar-refractivity contribution in [3.05, 3.63) is 0 Å². The van der Waals surface area contributed by atoms with Crippen LogP contribution in [0.3, 0.4) is 0 Å². The van der Waals surface area contributed by atoms with Crippen LogP contribution in [0.25, 0.3) is 0 Å². The molecule has 0 spiro atoms. The first-order valence-corrected chi connectivity index (χ1v) is 4.53. The van der Waals surface area contributed by atoms with Crippen LogP contribution < -0.4 is 22.5 Å². The molecule has 0 aliphatic heterocycles. The third-order valence-corrected chi connectivity index (χ3v) is 1.59. The number of rotatable bonds is 6. The first-order chi connectivity index (χ1) is 8.93. The maximum Gasteiger partial charge on any atom is 2.00 e. The second-order valence-corrected chi connectivity index (χ2v) is 3.09. The number of carboxylic acids is 4. The van der Waals surface area contributed by atoms with E-state index < -0.39 is 48.3 Å². The SMILES string of the molecule is N.N.O=C(O)C(O)C(O)C(=O)O.O=C([O-])C(O)C(O)C(=O)[O-].[Zn+2]. The molecule has 15 heteroatoms. The van der Waals surface area contributed by atoms with Crippen molar-refractivity contribution in [2.75, 3.05) is 0 Å². The van der Waals surface area contributed by atoms with E-state index in [9.17, 15) is 29.4 Å². The third-order valence-electron chi connectivity index (χ3n) is 1.59. The fourth-order valence-corrected chi connectivity index (χ4v) is 0.528.